The third kappa shape index (κ3) is 7.69. The van der Waals surface area contributed by atoms with Gasteiger partial charge in [0.15, 0.2) is 0 Å². The van der Waals surface area contributed by atoms with Gasteiger partial charge in [0.25, 0.3) is 0 Å². The molecule has 0 aromatic carbocycles. The Labute approximate surface area is 99.0 Å². The molecule has 0 saturated carbocycles. The first-order valence-electron chi connectivity index (χ1n) is 5.47. The van der Waals surface area contributed by atoms with E-state index in [4.69, 9.17) is 4.74 Å². The van der Waals surface area contributed by atoms with E-state index in [1.54, 1.807) is 11.8 Å². The Bertz CT molecular complexity index is 167. The number of allylic oxidation sites excluding steroid dienone is 2. The molecule has 88 valence electrons. The van der Waals surface area contributed by atoms with Gasteiger partial charge in [0.2, 0.25) is 0 Å². The highest BCUT2D eigenvalue weighted by Crippen LogP contribution is 2.32. The molecule has 0 atom stereocenters. The fourth-order valence-electron chi connectivity index (χ4n) is 1.73. The molecule has 0 aromatic rings. The number of hydrogen-bond donors (Lipinski definition) is 0. The summed E-state index contributed by atoms with van der Waals surface area (Å²) in [5.74, 6) is 0.805. The Morgan fingerprint density at radius 1 is 1.27 bits per heavy atom. The van der Waals surface area contributed by atoms with Gasteiger partial charge >= 0.3 is 0 Å². The number of thioether (sulfide) groups is 1. The summed E-state index contributed by atoms with van der Waals surface area (Å²) in [7, 11) is 0. The Balaban J connectivity index is 3.74. The average Bonchev–Trinajstić information content (AvgIpc) is 2.18. The van der Waals surface area contributed by atoms with Crippen LogP contribution in [-0.4, -0.2) is 18.8 Å². The summed E-state index contributed by atoms with van der Waals surface area (Å²) in [5.41, 5.74) is 0.326. The minimum atomic E-state index is 0.326. The Hall–Kier alpha value is -0.210. The highest BCUT2D eigenvalue weighted by molar-refractivity contribution is 7.98. The van der Waals surface area contributed by atoms with Crippen molar-refractivity contribution >= 4 is 11.8 Å². The minimum Gasteiger partial charge on any atom is -0.371 e. The van der Waals surface area contributed by atoms with Crippen molar-refractivity contribution in [2.24, 2.45) is 5.41 Å². The van der Waals surface area contributed by atoms with Crippen LogP contribution in [-0.2, 0) is 4.74 Å². The van der Waals surface area contributed by atoms with Crippen molar-refractivity contribution in [2.45, 2.75) is 32.6 Å². The van der Waals surface area contributed by atoms with Crippen LogP contribution in [0.3, 0.4) is 0 Å². The van der Waals surface area contributed by atoms with Gasteiger partial charge in [-0.15, -0.1) is 24.9 Å². The summed E-state index contributed by atoms with van der Waals surface area (Å²) in [6.45, 7) is 10.8. The smallest absolute Gasteiger partial charge is 0.0918 e. The van der Waals surface area contributed by atoms with Gasteiger partial charge in [0.1, 0.15) is 0 Å². The fraction of sp³-hybridized carbons (Fsp3) is 0.692. The zero-order valence-corrected chi connectivity index (χ0v) is 10.9. The second kappa shape index (κ2) is 9.05. The summed E-state index contributed by atoms with van der Waals surface area (Å²) < 4.78 is 5.45. The lowest BCUT2D eigenvalue weighted by Crippen LogP contribution is -2.15. The molecule has 2 heteroatoms. The van der Waals surface area contributed by atoms with Gasteiger partial charge in [-0.1, -0.05) is 19.1 Å². The van der Waals surface area contributed by atoms with Crippen LogP contribution in [0.2, 0.25) is 0 Å². The van der Waals surface area contributed by atoms with E-state index in [1.807, 2.05) is 12.2 Å². The quantitative estimate of drug-likeness (QED) is 0.314. The van der Waals surface area contributed by atoms with E-state index in [0.29, 0.717) is 5.41 Å². The van der Waals surface area contributed by atoms with Crippen molar-refractivity contribution in [1.29, 1.82) is 0 Å². The molecule has 1 nitrogen and oxygen atoms in total. The van der Waals surface area contributed by atoms with E-state index < -0.39 is 0 Å². The van der Waals surface area contributed by atoms with Crippen LogP contribution in [0.1, 0.15) is 32.6 Å². The standard InChI is InChI=1S/C13H24OS/c1-5-8-13(3,9-6-2)10-7-11-14-12-15-4/h5-6H,1-2,7-12H2,3-4H3. The first-order valence-corrected chi connectivity index (χ1v) is 6.86. The van der Waals surface area contributed by atoms with Crippen molar-refractivity contribution in [2.75, 3.05) is 18.8 Å². The monoisotopic (exact) mass is 228 g/mol. The number of hydrogen-bond acceptors (Lipinski definition) is 2. The van der Waals surface area contributed by atoms with E-state index in [2.05, 4.69) is 26.3 Å². The summed E-state index contributed by atoms with van der Waals surface area (Å²) in [5, 5.41) is 0. The van der Waals surface area contributed by atoms with Crippen LogP contribution < -0.4 is 0 Å². The molecule has 0 fully saturated rings. The van der Waals surface area contributed by atoms with Gasteiger partial charge in [0, 0.05) is 6.61 Å². The zero-order chi connectivity index (χ0) is 11.6. The summed E-state index contributed by atoms with van der Waals surface area (Å²) in [4.78, 5) is 0. The van der Waals surface area contributed by atoms with Gasteiger partial charge < -0.3 is 4.74 Å². The highest BCUT2D eigenvalue weighted by atomic mass is 32.2. The molecule has 0 bridgehead atoms. The molecule has 0 radical (unpaired) electrons. The maximum absolute atomic E-state index is 5.45. The largest absolute Gasteiger partial charge is 0.371 e. The van der Waals surface area contributed by atoms with Crippen molar-refractivity contribution in [3.63, 3.8) is 0 Å². The van der Waals surface area contributed by atoms with Crippen LogP contribution >= 0.6 is 11.8 Å². The van der Waals surface area contributed by atoms with Gasteiger partial charge in [-0.2, -0.15) is 0 Å². The lowest BCUT2D eigenvalue weighted by molar-refractivity contribution is 0.159. The van der Waals surface area contributed by atoms with E-state index in [0.717, 1.165) is 31.8 Å². The predicted octanol–water partition coefficient (Wildman–Crippen LogP) is 4.26. The highest BCUT2D eigenvalue weighted by Gasteiger charge is 2.20. The van der Waals surface area contributed by atoms with E-state index in [-0.39, 0.29) is 0 Å². The molecule has 0 unspecified atom stereocenters. The van der Waals surface area contributed by atoms with Crippen LogP contribution in [0, 0.1) is 5.41 Å². The van der Waals surface area contributed by atoms with Crippen LogP contribution in [0.5, 0.6) is 0 Å². The summed E-state index contributed by atoms with van der Waals surface area (Å²) in [6, 6.07) is 0. The molecular formula is C13H24OS. The van der Waals surface area contributed by atoms with Gasteiger partial charge in [-0.3, -0.25) is 0 Å². The lowest BCUT2D eigenvalue weighted by Gasteiger charge is -2.27. The maximum Gasteiger partial charge on any atom is 0.0918 e. The molecule has 0 aromatic heterocycles. The van der Waals surface area contributed by atoms with Gasteiger partial charge in [-0.25, -0.2) is 0 Å². The SMILES string of the molecule is C=CCC(C)(CC=C)CCCOCSC. The Morgan fingerprint density at radius 3 is 2.33 bits per heavy atom. The van der Waals surface area contributed by atoms with Crippen LogP contribution in [0.15, 0.2) is 25.3 Å². The van der Waals surface area contributed by atoms with E-state index in [1.165, 1.54) is 6.42 Å². The van der Waals surface area contributed by atoms with E-state index in [9.17, 15) is 0 Å². The van der Waals surface area contributed by atoms with Crippen molar-refractivity contribution in [3.8, 4) is 0 Å². The van der Waals surface area contributed by atoms with Crippen molar-refractivity contribution in [3.05, 3.63) is 25.3 Å². The normalized spacial score (nSPS) is 11.3. The van der Waals surface area contributed by atoms with Gasteiger partial charge in [-0.05, 0) is 37.4 Å². The van der Waals surface area contributed by atoms with Crippen LogP contribution in [0.25, 0.3) is 0 Å². The molecule has 0 rings (SSSR count). The van der Waals surface area contributed by atoms with Crippen molar-refractivity contribution < 1.29 is 4.74 Å². The molecular weight excluding hydrogens is 204 g/mol. The molecule has 15 heavy (non-hydrogen) atoms. The predicted molar refractivity (Wildman–Crippen MR) is 71.3 cm³/mol. The average molecular weight is 228 g/mol. The molecule has 0 aliphatic rings. The molecule has 0 aliphatic heterocycles. The first-order chi connectivity index (χ1) is 7.18. The maximum atomic E-state index is 5.45. The van der Waals surface area contributed by atoms with Crippen molar-refractivity contribution in [1.82, 2.24) is 0 Å². The Kier molecular flexibility index (Phi) is 8.92. The Morgan fingerprint density at radius 2 is 1.87 bits per heavy atom. The number of ether oxygens (including phenoxy) is 1. The van der Waals surface area contributed by atoms with E-state index >= 15 is 0 Å². The minimum absolute atomic E-state index is 0.326. The second-order valence-electron chi connectivity index (χ2n) is 4.21. The summed E-state index contributed by atoms with van der Waals surface area (Å²) >= 11 is 1.73. The topological polar surface area (TPSA) is 9.23 Å². The second-order valence-corrected chi connectivity index (χ2v) is 5.03. The fourth-order valence-corrected chi connectivity index (χ4v) is 2.01. The number of rotatable bonds is 10. The molecule has 0 aliphatic carbocycles. The van der Waals surface area contributed by atoms with Gasteiger partial charge in [0.05, 0.1) is 5.94 Å². The third-order valence-corrected chi connectivity index (χ3v) is 2.95. The van der Waals surface area contributed by atoms with Crippen LogP contribution in [0.4, 0.5) is 0 Å². The molecule has 0 heterocycles. The first kappa shape index (κ1) is 14.8. The summed E-state index contributed by atoms with van der Waals surface area (Å²) in [6.07, 6.45) is 10.5. The zero-order valence-electron chi connectivity index (χ0n) is 10.1. The third-order valence-electron chi connectivity index (χ3n) is 2.54. The molecule has 0 amide bonds. The molecule has 0 N–H and O–H groups in total. The molecule has 0 spiro atoms. The lowest BCUT2D eigenvalue weighted by atomic mass is 9.79. The molecule has 0 saturated heterocycles.